The van der Waals surface area contributed by atoms with Crippen LogP contribution in [0.4, 0.5) is 0 Å². The van der Waals surface area contributed by atoms with Crippen LogP contribution in [-0.2, 0) is 6.42 Å². The van der Waals surface area contributed by atoms with Gasteiger partial charge in [-0.3, -0.25) is 0 Å². The third kappa shape index (κ3) is 1.38. The van der Waals surface area contributed by atoms with Gasteiger partial charge in [0.15, 0.2) is 0 Å². The SMILES string of the molecule is c1ccc2c3c(oc2c1)[C@H]1CCCC[C@@H]1CC3. The molecule has 1 aromatic carbocycles. The highest BCUT2D eigenvalue weighted by molar-refractivity contribution is 5.82. The molecule has 2 aromatic rings. The Balaban J connectivity index is 1.89. The quantitative estimate of drug-likeness (QED) is 0.637. The molecule has 1 heteroatoms. The maximum atomic E-state index is 6.16. The van der Waals surface area contributed by atoms with E-state index in [9.17, 15) is 0 Å². The first-order valence-electron chi connectivity index (χ1n) is 6.94. The predicted octanol–water partition coefficient (Wildman–Crippen LogP) is 4.65. The van der Waals surface area contributed by atoms with Gasteiger partial charge in [0.05, 0.1) is 0 Å². The fourth-order valence-electron chi connectivity index (χ4n) is 3.90. The van der Waals surface area contributed by atoms with Crippen LogP contribution >= 0.6 is 0 Å². The molecule has 0 saturated heterocycles. The third-order valence-corrected chi connectivity index (χ3v) is 4.74. The molecule has 17 heavy (non-hydrogen) atoms. The fraction of sp³-hybridized carbons (Fsp3) is 0.500. The van der Waals surface area contributed by atoms with Gasteiger partial charge in [-0.05, 0) is 37.7 Å². The summed E-state index contributed by atoms with van der Waals surface area (Å²) in [6.07, 6.45) is 8.18. The summed E-state index contributed by atoms with van der Waals surface area (Å²) in [6.45, 7) is 0. The fourth-order valence-corrected chi connectivity index (χ4v) is 3.90. The van der Waals surface area contributed by atoms with Crippen LogP contribution in [0.5, 0.6) is 0 Å². The van der Waals surface area contributed by atoms with Crippen molar-refractivity contribution in [3.63, 3.8) is 0 Å². The van der Waals surface area contributed by atoms with Crippen molar-refractivity contribution in [3.05, 3.63) is 35.6 Å². The highest BCUT2D eigenvalue weighted by Crippen LogP contribution is 2.47. The number of furan rings is 1. The second kappa shape index (κ2) is 3.63. The van der Waals surface area contributed by atoms with E-state index in [0.717, 1.165) is 17.4 Å². The Morgan fingerprint density at radius 3 is 2.88 bits per heavy atom. The van der Waals surface area contributed by atoms with Gasteiger partial charge in [-0.2, -0.15) is 0 Å². The van der Waals surface area contributed by atoms with Crippen molar-refractivity contribution in [2.45, 2.75) is 44.4 Å². The summed E-state index contributed by atoms with van der Waals surface area (Å²) in [5.41, 5.74) is 2.62. The molecular formula is C16H18O. The molecule has 0 bridgehead atoms. The van der Waals surface area contributed by atoms with Gasteiger partial charge in [-0.15, -0.1) is 0 Å². The lowest BCUT2D eigenvalue weighted by molar-refractivity contribution is 0.245. The zero-order valence-corrected chi connectivity index (χ0v) is 10.1. The van der Waals surface area contributed by atoms with E-state index in [1.165, 1.54) is 55.2 Å². The Kier molecular flexibility index (Phi) is 2.08. The first-order chi connectivity index (χ1) is 8.43. The summed E-state index contributed by atoms with van der Waals surface area (Å²) in [7, 11) is 0. The molecule has 2 aliphatic carbocycles. The number of hydrogen-bond donors (Lipinski definition) is 0. The van der Waals surface area contributed by atoms with Gasteiger partial charge in [-0.1, -0.05) is 31.0 Å². The smallest absolute Gasteiger partial charge is 0.134 e. The van der Waals surface area contributed by atoms with Crippen LogP contribution in [0.15, 0.2) is 28.7 Å². The lowest BCUT2D eigenvalue weighted by atomic mass is 9.71. The zero-order valence-electron chi connectivity index (χ0n) is 10.1. The molecule has 2 aliphatic rings. The van der Waals surface area contributed by atoms with Gasteiger partial charge in [0.25, 0.3) is 0 Å². The summed E-state index contributed by atoms with van der Waals surface area (Å²) >= 11 is 0. The normalized spacial score (nSPS) is 27.8. The van der Waals surface area contributed by atoms with Crippen LogP contribution in [0.3, 0.4) is 0 Å². The molecule has 0 N–H and O–H groups in total. The second-order valence-corrected chi connectivity index (χ2v) is 5.63. The topological polar surface area (TPSA) is 13.1 Å². The van der Waals surface area contributed by atoms with Crippen molar-refractivity contribution in [2.24, 2.45) is 5.92 Å². The average Bonchev–Trinajstić information content (AvgIpc) is 2.78. The summed E-state index contributed by atoms with van der Waals surface area (Å²) in [4.78, 5) is 0. The minimum Gasteiger partial charge on any atom is -0.460 e. The Morgan fingerprint density at radius 2 is 1.88 bits per heavy atom. The first-order valence-corrected chi connectivity index (χ1v) is 6.94. The molecule has 0 amide bonds. The number of rotatable bonds is 0. The van der Waals surface area contributed by atoms with E-state index < -0.39 is 0 Å². The molecular weight excluding hydrogens is 208 g/mol. The van der Waals surface area contributed by atoms with Gasteiger partial charge < -0.3 is 4.42 Å². The van der Waals surface area contributed by atoms with Crippen molar-refractivity contribution in [1.29, 1.82) is 0 Å². The largest absolute Gasteiger partial charge is 0.460 e. The molecule has 4 rings (SSSR count). The molecule has 1 fully saturated rings. The molecule has 0 radical (unpaired) electrons. The van der Waals surface area contributed by atoms with E-state index in [-0.39, 0.29) is 0 Å². The summed E-state index contributed by atoms with van der Waals surface area (Å²) < 4.78 is 6.16. The van der Waals surface area contributed by atoms with Crippen LogP contribution in [0.1, 0.15) is 49.3 Å². The lowest BCUT2D eigenvalue weighted by Gasteiger charge is -2.34. The van der Waals surface area contributed by atoms with Gasteiger partial charge in [0.1, 0.15) is 11.3 Å². The number of aryl methyl sites for hydroxylation is 1. The minimum absolute atomic E-state index is 0.722. The van der Waals surface area contributed by atoms with E-state index in [2.05, 4.69) is 24.3 Å². The van der Waals surface area contributed by atoms with Gasteiger partial charge in [0.2, 0.25) is 0 Å². The maximum Gasteiger partial charge on any atom is 0.134 e. The second-order valence-electron chi connectivity index (χ2n) is 5.63. The minimum atomic E-state index is 0.722. The van der Waals surface area contributed by atoms with Gasteiger partial charge in [0, 0.05) is 16.9 Å². The average molecular weight is 226 g/mol. The predicted molar refractivity (Wildman–Crippen MR) is 69.2 cm³/mol. The van der Waals surface area contributed by atoms with Crippen LogP contribution in [0.2, 0.25) is 0 Å². The van der Waals surface area contributed by atoms with E-state index in [0.29, 0.717) is 0 Å². The van der Waals surface area contributed by atoms with E-state index in [1.807, 2.05) is 0 Å². The molecule has 0 aliphatic heterocycles. The van der Waals surface area contributed by atoms with E-state index in [4.69, 9.17) is 4.42 Å². The molecule has 2 atom stereocenters. The molecule has 0 unspecified atom stereocenters. The van der Waals surface area contributed by atoms with Crippen molar-refractivity contribution in [3.8, 4) is 0 Å². The van der Waals surface area contributed by atoms with Gasteiger partial charge in [-0.25, -0.2) is 0 Å². The molecule has 1 aromatic heterocycles. The Bertz CT molecular complexity index is 552. The van der Waals surface area contributed by atoms with Crippen molar-refractivity contribution in [2.75, 3.05) is 0 Å². The van der Waals surface area contributed by atoms with Crippen molar-refractivity contribution in [1.82, 2.24) is 0 Å². The van der Waals surface area contributed by atoms with E-state index >= 15 is 0 Å². The highest BCUT2D eigenvalue weighted by atomic mass is 16.3. The summed E-state index contributed by atoms with van der Waals surface area (Å²) in [5, 5.41) is 1.37. The van der Waals surface area contributed by atoms with E-state index in [1.54, 1.807) is 0 Å². The number of hydrogen-bond acceptors (Lipinski definition) is 1. The van der Waals surface area contributed by atoms with Crippen LogP contribution in [-0.4, -0.2) is 0 Å². The van der Waals surface area contributed by atoms with Crippen molar-refractivity contribution >= 4 is 11.0 Å². The number of benzene rings is 1. The highest BCUT2D eigenvalue weighted by Gasteiger charge is 2.35. The molecule has 1 heterocycles. The molecule has 88 valence electrons. The Labute approximate surface area is 102 Å². The van der Waals surface area contributed by atoms with Crippen LogP contribution in [0.25, 0.3) is 11.0 Å². The maximum absolute atomic E-state index is 6.16. The Morgan fingerprint density at radius 1 is 1.00 bits per heavy atom. The monoisotopic (exact) mass is 226 g/mol. The zero-order chi connectivity index (χ0) is 11.2. The third-order valence-electron chi connectivity index (χ3n) is 4.74. The first kappa shape index (κ1) is 9.76. The Hall–Kier alpha value is -1.24. The molecule has 1 nitrogen and oxygen atoms in total. The number of fused-ring (bicyclic) bond motifs is 5. The van der Waals surface area contributed by atoms with Crippen LogP contribution in [0, 0.1) is 5.92 Å². The number of para-hydroxylation sites is 1. The van der Waals surface area contributed by atoms with Gasteiger partial charge >= 0.3 is 0 Å². The van der Waals surface area contributed by atoms with Crippen molar-refractivity contribution < 1.29 is 4.42 Å². The van der Waals surface area contributed by atoms with Crippen LogP contribution < -0.4 is 0 Å². The standard InChI is InChI=1S/C16H18O/c1-2-6-12-11(5-1)9-10-14-13-7-3-4-8-15(13)17-16(12)14/h3-4,7-8,11-12H,1-2,5-6,9-10H2/t11-,12+/m1/s1. The summed E-state index contributed by atoms with van der Waals surface area (Å²) in [5.74, 6) is 2.96. The molecule has 0 spiro atoms. The molecule has 1 saturated carbocycles. The summed E-state index contributed by atoms with van der Waals surface area (Å²) in [6, 6.07) is 8.55. The lowest BCUT2D eigenvalue weighted by Crippen LogP contribution is -2.22.